The van der Waals surface area contributed by atoms with Crippen molar-refractivity contribution < 1.29 is 17.2 Å². The molecular formula is C20H16ClF2NO2S. The van der Waals surface area contributed by atoms with Crippen LogP contribution in [-0.4, -0.2) is 8.42 Å². The topological polar surface area (TPSA) is 37.4 Å². The molecule has 7 heteroatoms. The second-order valence-corrected chi connectivity index (χ2v) is 8.18. The molecule has 0 radical (unpaired) electrons. The SMILES string of the molecule is C[C@@H](c1ccccc1F)N(c1ccc(F)cc1)S(=O)(=O)c1ccc(Cl)cc1. The lowest BCUT2D eigenvalue weighted by Gasteiger charge is -2.31. The van der Waals surface area contributed by atoms with Crippen LogP contribution in [0.5, 0.6) is 0 Å². The van der Waals surface area contributed by atoms with Gasteiger partial charge in [0.25, 0.3) is 10.0 Å². The molecule has 0 aromatic heterocycles. The van der Waals surface area contributed by atoms with Crippen LogP contribution in [0.3, 0.4) is 0 Å². The quantitative estimate of drug-likeness (QED) is 0.554. The van der Waals surface area contributed by atoms with E-state index in [0.717, 1.165) is 16.4 Å². The molecule has 3 aromatic carbocycles. The highest BCUT2D eigenvalue weighted by Gasteiger charge is 2.31. The fourth-order valence-corrected chi connectivity index (χ4v) is 4.58. The van der Waals surface area contributed by atoms with E-state index in [1.165, 1.54) is 54.6 Å². The first-order valence-electron chi connectivity index (χ1n) is 8.10. The van der Waals surface area contributed by atoms with Gasteiger partial charge in [-0.1, -0.05) is 29.8 Å². The molecule has 0 saturated carbocycles. The average Bonchev–Trinajstić information content (AvgIpc) is 2.64. The molecule has 0 saturated heterocycles. The fourth-order valence-electron chi connectivity index (χ4n) is 2.82. The van der Waals surface area contributed by atoms with E-state index in [4.69, 9.17) is 11.6 Å². The van der Waals surface area contributed by atoms with Gasteiger partial charge in [0.05, 0.1) is 16.6 Å². The summed E-state index contributed by atoms with van der Waals surface area (Å²) in [4.78, 5) is -0.000542. The highest BCUT2D eigenvalue weighted by Crippen LogP contribution is 2.34. The third kappa shape index (κ3) is 3.96. The smallest absolute Gasteiger partial charge is 0.259 e. The van der Waals surface area contributed by atoms with Crippen molar-refractivity contribution in [2.75, 3.05) is 4.31 Å². The van der Waals surface area contributed by atoms with Gasteiger partial charge in [0.1, 0.15) is 11.6 Å². The summed E-state index contributed by atoms with van der Waals surface area (Å²) in [7, 11) is -4.06. The molecule has 0 unspecified atom stereocenters. The highest BCUT2D eigenvalue weighted by atomic mass is 35.5. The number of hydrogen-bond donors (Lipinski definition) is 0. The van der Waals surface area contributed by atoms with Crippen molar-refractivity contribution in [1.29, 1.82) is 0 Å². The van der Waals surface area contributed by atoms with Crippen LogP contribution < -0.4 is 4.31 Å². The van der Waals surface area contributed by atoms with Gasteiger partial charge in [0.2, 0.25) is 0 Å². The zero-order valence-electron chi connectivity index (χ0n) is 14.3. The molecule has 0 heterocycles. The van der Waals surface area contributed by atoms with E-state index in [1.807, 2.05) is 0 Å². The minimum absolute atomic E-state index is 0.000542. The number of sulfonamides is 1. The Morgan fingerprint density at radius 3 is 2.07 bits per heavy atom. The van der Waals surface area contributed by atoms with Gasteiger partial charge in [-0.15, -0.1) is 0 Å². The second-order valence-electron chi connectivity index (χ2n) is 5.93. The van der Waals surface area contributed by atoms with Crippen LogP contribution in [0.15, 0.2) is 77.7 Å². The maximum Gasteiger partial charge on any atom is 0.264 e. The maximum absolute atomic E-state index is 14.3. The van der Waals surface area contributed by atoms with Crippen LogP contribution in [-0.2, 0) is 10.0 Å². The van der Waals surface area contributed by atoms with Crippen LogP contribution in [0.1, 0.15) is 18.5 Å². The van der Waals surface area contributed by atoms with Gasteiger partial charge >= 0.3 is 0 Å². The lowest BCUT2D eigenvalue weighted by Crippen LogP contribution is -2.34. The van der Waals surface area contributed by atoms with Crippen molar-refractivity contribution in [3.05, 3.63) is 95.0 Å². The Kier molecular flexibility index (Phi) is 5.48. The third-order valence-corrected chi connectivity index (χ3v) is 6.32. The van der Waals surface area contributed by atoms with E-state index >= 15 is 0 Å². The molecule has 3 rings (SSSR count). The van der Waals surface area contributed by atoms with Crippen LogP contribution in [0.25, 0.3) is 0 Å². The van der Waals surface area contributed by atoms with E-state index in [1.54, 1.807) is 13.0 Å². The van der Waals surface area contributed by atoms with Crippen LogP contribution >= 0.6 is 11.6 Å². The van der Waals surface area contributed by atoms with Crippen LogP contribution in [0, 0.1) is 11.6 Å². The lowest BCUT2D eigenvalue weighted by atomic mass is 10.1. The molecule has 3 aromatic rings. The standard InChI is InChI=1S/C20H16ClF2NO2S/c1-14(19-4-2-3-5-20(19)23)24(17-10-8-16(22)9-11-17)27(25,26)18-12-6-15(21)7-13-18/h2-14H,1H3/t14-/m0/s1. The Morgan fingerprint density at radius 1 is 0.889 bits per heavy atom. The Morgan fingerprint density at radius 2 is 1.48 bits per heavy atom. The molecule has 0 aliphatic heterocycles. The lowest BCUT2D eigenvalue weighted by molar-refractivity contribution is 0.569. The molecule has 140 valence electrons. The number of hydrogen-bond acceptors (Lipinski definition) is 2. The van der Waals surface area contributed by atoms with E-state index in [9.17, 15) is 17.2 Å². The molecule has 0 N–H and O–H groups in total. The van der Waals surface area contributed by atoms with Gasteiger partial charge in [-0.25, -0.2) is 17.2 Å². The largest absolute Gasteiger partial charge is 0.264 e. The molecule has 27 heavy (non-hydrogen) atoms. The molecule has 3 nitrogen and oxygen atoms in total. The summed E-state index contributed by atoms with van der Waals surface area (Å²) in [6, 6.07) is 15.8. The molecule has 0 aliphatic carbocycles. The minimum atomic E-state index is -4.06. The maximum atomic E-state index is 14.3. The van der Waals surface area contributed by atoms with Gasteiger partial charge in [-0.2, -0.15) is 0 Å². The number of benzene rings is 3. The summed E-state index contributed by atoms with van der Waals surface area (Å²) in [5.74, 6) is -1.02. The number of anilines is 1. The van der Waals surface area contributed by atoms with E-state index in [2.05, 4.69) is 0 Å². The zero-order valence-corrected chi connectivity index (χ0v) is 15.9. The summed E-state index contributed by atoms with van der Waals surface area (Å²) in [5, 5.41) is 0.393. The molecule has 0 aliphatic rings. The first-order chi connectivity index (χ1) is 12.8. The summed E-state index contributed by atoms with van der Waals surface area (Å²) in [6.07, 6.45) is 0. The van der Waals surface area contributed by atoms with Crippen molar-refractivity contribution in [1.82, 2.24) is 0 Å². The molecule has 0 bridgehead atoms. The normalized spacial score (nSPS) is 12.6. The fraction of sp³-hybridized carbons (Fsp3) is 0.100. The molecular weight excluding hydrogens is 392 g/mol. The van der Waals surface area contributed by atoms with Crippen molar-refractivity contribution >= 4 is 27.3 Å². The van der Waals surface area contributed by atoms with Crippen molar-refractivity contribution in [2.24, 2.45) is 0 Å². The van der Waals surface area contributed by atoms with Crippen molar-refractivity contribution in [2.45, 2.75) is 17.9 Å². The van der Waals surface area contributed by atoms with Crippen molar-refractivity contribution in [3.63, 3.8) is 0 Å². The summed E-state index contributed by atoms with van der Waals surface area (Å²) >= 11 is 5.86. The molecule has 0 spiro atoms. The summed E-state index contributed by atoms with van der Waals surface area (Å²) in [5.41, 5.74) is 0.432. The predicted octanol–water partition coefficient (Wildman–Crippen LogP) is 5.57. The second kappa shape index (κ2) is 7.66. The van der Waals surface area contributed by atoms with E-state index in [-0.39, 0.29) is 16.1 Å². The molecule has 0 amide bonds. The first-order valence-corrected chi connectivity index (χ1v) is 9.92. The predicted molar refractivity (Wildman–Crippen MR) is 102 cm³/mol. The Balaban J connectivity index is 2.17. The number of rotatable bonds is 5. The van der Waals surface area contributed by atoms with Crippen LogP contribution in [0.2, 0.25) is 5.02 Å². The van der Waals surface area contributed by atoms with Crippen molar-refractivity contribution in [3.8, 4) is 0 Å². The Labute approximate surface area is 161 Å². The van der Waals surface area contributed by atoms with E-state index < -0.39 is 27.7 Å². The van der Waals surface area contributed by atoms with Gasteiger partial charge in [-0.3, -0.25) is 4.31 Å². The molecule has 0 fully saturated rings. The summed E-state index contributed by atoms with van der Waals surface area (Å²) in [6.45, 7) is 1.58. The Hall–Kier alpha value is -2.44. The van der Waals surface area contributed by atoms with Gasteiger partial charge < -0.3 is 0 Å². The van der Waals surface area contributed by atoms with Gasteiger partial charge in [-0.05, 0) is 61.5 Å². The Bertz CT molecular complexity index is 1040. The van der Waals surface area contributed by atoms with Gasteiger partial charge in [0, 0.05) is 10.6 Å². The number of nitrogens with zero attached hydrogens (tertiary/aromatic N) is 1. The minimum Gasteiger partial charge on any atom is -0.259 e. The average molecular weight is 408 g/mol. The molecule has 1 atom stereocenters. The highest BCUT2D eigenvalue weighted by molar-refractivity contribution is 7.92. The monoisotopic (exact) mass is 407 g/mol. The third-order valence-electron chi connectivity index (χ3n) is 4.16. The number of halogens is 3. The van der Waals surface area contributed by atoms with E-state index in [0.29, 0.717) is 5.02 Å². The first kappa shape index (κ1) is 19.3. The van der Waals surface area contributed by atoms with Crippen LogP contribution in [0.4, 0.5) is 14.5 Å². The zero-order chi connectivity index (χ0) is 19.6. The summed E-state index contributed by atoms with van der Waals surface area (Å²) < 4.78 is 55.4. The van der Waals surface area contributed by atoms with Gasteiger partial charge in [0.15, 0.2) is 0 Å².